The first-order valence-electron chi connectivity index (χ1n) is 6.83. The van der Waals surface area contributed by atoms with E-state index in [1.165, 1.54) is 36.0 Å². The van der Waals surface area contributed by atoms with Gasteiger partial charge in [0.25, 0.3) is 0 Å². The van der Waals surface area contributed by atoms with Crippen LogP contribution in [-0.2, 0) is 4.75 Å². The average Bonchev–Trinajstić information content (AvgIpc) is 2.69. The van der Waals surface area contributed by atoms with Crippen molar-refractivity contribution in [1.82, 2.24) is 0 Å². The zero-order valence-corrected chi connectivity index (χ0v) is 13.6. The molecule has 100 valence electrons. The predicted octanol–water partition coefficient (Wildman–Crippen LogP) is 5.12. The van der Waals surface area contributed by atoms with Gasteiger partial charge in [0.2, 0.25) is 0 Å². The standard InChI is InChI=1S/C16H24S2/c1-5-15(4)8-9-16(11-17,18-15)14-7-6-12(2)10-13(14)3/h6-7,10,17H,5,8-9,11H2,1-4H3. The van der Waals surface area contributed by atoms with E-state index in [1.54, 1.807) is 0 Å². The van der Waals surface area contributed by atoms with Gasteiger partial charge in [-0.05, 0) is 44.2 Å². The molecule has 18 heavy (non-hydrogen) atoms. The third kappa shape index (κ3) is 2.46. The highest BCUT2D eigenvalue weighted by atomic mass is 32.2. The molecule has 0 saturated carbocycles. The van der Waals surface area contributed by atoms with Crippen LogP contribution < -0.4 is 0 Å². The van der Waals surface area contributed by atoms with Crippen molar-refractivity contribution in [1.29, 1.82) is 0 Å². The fourth-order valence-electron chi connectivity index (χ4n) is 3.00. The van der Waals surface area contributed by atoms with Crippen molar-refractivity contribution in [2.24, 2.45) is 0 Å². The Morgan fingerprint density at radius 3 is 2.50 bits per heavy atom. The van der Waals surface area contributed by atoms with Crippen molar-refractivity contribution in [3.8, 4) is 0 Å². The summed E-state index contributed by atoms with van der Waals surface area (Å²) in [5.41, 5.74) is 4.29. The molecule has 0 radical (unpaired) electrons. The smallest absolute Gasteiger partial charge is 0.0504 e. The van der Waals surface area contributed by atoms with Crippen molar-refractivity contribution in [2.75, 3.05) is 5.75 Å². The molecule has 1 heterocycles. The van der Waals surface area contributed by atoms with Crippen LogP contribution in [0.25, 0.3) is 0 Å². The topological polar surface area (TPSA) is 0 Å². The van der Waals surface area contributed by atoms with Gasteiger partial charge in [-0.15, -0.1) is 11.8 Å². The molecule has 1 fully saturated rings. The predicted molar refractivity (Wildman–Crippen MR) is 87.0 cm³/mol. The van der Waals surface area contributed by atoms with Gasteiger partial charge in [0, 0.05) is 10.5 Å². The van der Waals surface area contributed by atoms with Crippen molar-refractivity contribution in [3.63, 3.8) is 0 Å². The van der Waals surface area contributed by atoms with E-state index in [1.807, 2.05) is 0 Å². The maximum absolute atomic E-state index is 4.68. The number of rotatable bonds is 3. The second kappa shape index (κ2) is 5.13. The Balaban J connectivity index is 2.40. The minimum Gasteiger partial charge on any atom is -0.178 e. The van der Waals surface area contributed by atoms with Gasteiger partial charge in [-0.3, -0.25) is 0 Å². The summed E-state index contributed by atoms with van der Waals surface area (Å²) in [4.78, 5) is 0. The number of hydrogen-bond acceptors (Lipinski definition) is 2. The van der Waals surface area contributed by atoms with Gasteiger partial charge in [-0.25, -0.2) is 0 Å². The van der Waals surface area contributed by atoms with E-state index in [-0.39, 0.29) is 4.75 Å². The largest absolute Gasteiger partial charge is 0.178 e. The summed E-state index contributed by atoms with van der Waals surface area (Å²) in [6.45, 7) is 9.13. The molecule has 2 atom stereocenters. The Morgan fingerprint density at radius 1 is 1.28 bits per heavy atom. The lowest BCUT2D eigenvalue weighted by Gasteiger charge is -2.32. The molecule has 0 amide bonds. The summed E-state index contributed by atoms with van der Waals surface area (Å²) < 4.78 is 0.658. The number of thiol groups is 1. The summed E-state index contributed by atoms with van der Waals surface area (Å²) in [6.07, 6.45) is 3.82. The Bertz CT molecular complexity index is 441. The van der Waals surface area contributed by atoms with E-state index < -0.39 is 0 Å². The summed E-state index contributed by atoms with van der Waals surface area (Å²) in [7, 11) is 0. The molecular weight excluding hydrogens is 256 g/mol. The Hall–Kier alpha value is -0.0800. The number of hydrogen-bond donors (Lipinski definition) is 1. The molecule has 2 heteroatoms. The van der Waals surface area contributed by atoms with Crippen LogP contribution >= 0.6 is 24.4 Å². The van der Waals surface area contributed by atoms with Crippen molar-refractivity contribution in [3.05, 3.63) is 34.9 Å². The number of aryl methyl sites for hydroxylation is 2. The van der Waals surface area contributed by atoms with E-state index in [4.69, 9.17) is 0 Å². The fraction of sp³-hybridized carbons (Fsp3) is 0.625. The second-order valence-corrected chi connectivity index (χ2v) is 8.16. The van der Waals surface area contributed by atoms with Crippen LogP contribution in [0.2, 0.25) is 0 Å². The van der Waals surface area contributed by atoms with Crippen LogP contribution in [0.4, 0.5) is 0 Å². The molecule has 0 spiro atoms. The third-order valence-corrected chi connectivity index (χ3v) is 7.07. The van der Waals surface area contributed by atoms with Gasteiger partial charge in [0.05, 0.1) is 4.75 Å². The highest BCUT2D eigenvalue weighted by Gasteiger charge is 2.46. The molecule has 0 aromatic heterocycles. The maximum Gasteiger partial charge on any atom is 0.0504 e. The first-order chi connectivity index (χ1) is 8.45. The molecule has 2 unspecified atom stereocenters. The maximum atomic E-state index is 4.68. The van der Waals surface area contributed by atoms with Gasteiger partial charge in [-0.2, -0.15) is 12.6 Å². The molecule has 0 bridgehead atoms. The molecule has 0 N–H and O–H groups in total. The van der Waals surface area contributed by atoms with Gasteiger partial charge < -0.3 is 0 Å². The summed E-state index contributed by atoms with van der Waals surface area (Å²) in [5, 5.41) is 0. The molecule has 1 saturated heterocycles. The van der Waals surface area contributed by atoms with Gasteiger partial charge in [-0.1, -0.05) is 37.6 Å². The molecule has 1 aliphatic rings. The molecule has 1 aromatic carbocycles. The Labute approximate surface area is 121 Å². The van der Waals surface area contributed by atoms with E-state index in [0.717, 1.165) is 5.75 Å². The first-order valence-corrected chi connectivity index (χ1v) is 8.28. The number of thioether (sulfide) groups is 1. The molecule has 0 nitrogen and oxygen atoms in total. The SMILES string of the molecule is CCC1(C)CCC(CS)(c2ccc(C)cc2C)S1. The average molecular weight is 281 g/mol. The van der Waals surface area contributed by atoms with Crippen molar-refractivity contribution < 1.29 is 0 Å². The van der Waals surface area contributed by atoms with Crippen LogP contribution in [0.5, 0.6) is 0 Å². The molecule has 0 aliphatic carbocycles. The van der Waals surface area contributed by atoms with E-state index in [9.17, 15) is 0 Å². The van der Waals surface area contributed by atoms with Crippen LogP contribution in [0.15, 0.2) is 18.2 Å². The van der Waals surface area contributed by atoms with E-state index in [0.29, 0.717) is 4.75 Å². The zero-order valence-electron chi connectivity index (χ0n) is 11.9. The lowest BCUT2D eigenvalue weighted by atomic mass is 9.88. The van der Waals surface area contributed by atoms with Crippen LogP contribution in [0.1, 0.15) is 49.8 Å². The van der Waals surface area contributed by atoms with Gasteiger partial charge in [0.1, 0.15) is 0 Å². The van der Waals surface area contributed by atoms with E-state index in [2.05, 4.69) is 70.3 Å². The summed E-state index contributed by atoms with van der Waals surface area (Å²) in [5.74, 6) is 0.942. The highest BCUT2D eigenvalue weighted by molar-refractivity contribution is 8.02. The molecule has 1 aliphatic heterocycles. The van der Waals surface area contributed by atoms with E-state index >= 15 is 0 Å². The minimum atomic E-state index is 0.228. The quantitative estimate of drug-likeness (QED) is 0.749. The molecule has 1 aromatic rings. The third-order valence-electron chi connectivity index (χ3n) is 4.38. The molecule has 2 rings (SSSR count). The lowest BCUT2D eigenvalue weighted by Crippen LogP contribution is -2.24. The van der Waals surface area contributed by atoms with Crippen molar-refractivity contribution in [2.45, 2.75) is 56.5 Å². The van der Waals surface area contributed by atoms with Crippen LogP contribution in [0, 0.1) is 13.8 Å². The molecular formula is C16H24S2. The van der Waals surface area contributed by atoms with Crippen molar-refractivity contribution >= 4 is 24.4 Å². The normalized spacial score (nSPS) is 31.8. The summed E-state index contributed by atoms with van der Waals surface area (Å²) >= 11 is 6.84. The first kappa shape index (κ1) is 14.3. The number of benzene rings is 1. The van der Waals surface area contributed by atoms with Crippen LogP contribution in [-0.4, -0.2) is 10.5 Å². The lowest BCUT2D eigenvalue weighted by molar-refractivity contribution is 0.546. The monoisotopic (exact) mass is 280 g/mol. The summed E-state index contributed by atoms with van der Waals surface area (Å²) in [6, 6.07) is 6.88. The Kier molecular flexibility index (Phi) is 4.08. The van der Waals surface area contributed by atoms with Crippen LogP contribution in [0.3, 0.4) is 0 Å². The van der Waals surface area contributed by atoms with Gasteiger partial charge >= 0.3 is 0 Å². The Morgan fingerprint density at radius 2 is 2.00 bits per heavy atom. The minimum absolute atomic E-state index is 0.228. The highest BCUT2D eigenvalue weighted by Crippen LogP contribution is 2.58. The fourth-order valence-corrected chi connectivity index (χ4v) is 5.42. The van der Waals surface area contributed by atoms with Gasteiger partial charge in [0.15, 0.2) is 0 Å². The second-order valence-electron chi connectivity index (χ2n) is 5.88. The zero-order chi connectivity index (χ0) is 13.4.